The van der Waals surface area contributed by atoms with Crippen molar-refractivity contribution in [2.24, 2.45) is 11.8 Å². The Bertz CT molecular complexity index is 310. The van der Waals surface area contributed by atoms with Crippen LogP contribution in [0.3, 0.4) is 0 Å². The van der Waals surface area contributed by atoms with Crippen molar-refractivity contribution in [1.82, 2.24) is 10.2 Å². The maximum absolute atomic E-state index is 12.0. The van der Waals surface area contributed by atoms with E-state index in [1.54, 1.807) is 0 Å². The van der Waals surface area contributed by atoms with Crippen LogP contribution in [0, 0.1) is 11.8 Å². The number of nitrogens with zero attached hydrogens (tertiary/aromatic N) is 1. The Hall–Kier alpha value is -0.940. The van der Waals surface area contributed by atoms with Crippen LogP contribution in [0.5, 0.6) is 0 Å². The molecular formula is C14H26N2O3. The summed E-state index contributed by atoms with van der Waals surface area (Å²) in [5, 5.41) is 11.9. The first-order valence-electron chi connectivity index (χ1n) is 7.09. The standard InChI is InChI=1S/C14H26N2O3/c1-10(2)14(19)12(15-3)8-11-4-6-16(7-5-11)9-13(17)18/h10-12,15H,4-9H2,1-3H3,(H,17,18)/t12-/m0/s1. The molecule has 0 bridgehead atoms. The number of nitrogens with one attached hydrogen (secondary N) is 1. The van der Waals surface area contributed by atoms with Crippen LogP contribution in [0.2, 0.25) is 0 Å². The van der Waals surface area contributed by atoms with E-state index in [4.69, 9.17) is 5.11 Å². The van der Waals surface area contributed by atoms with Crippen molar-refractivity contribution >= 4 is 11.8 Å². The van der Waals surface area contributed by atoms with Crippen LogP contribution in [0.4, 0.5) is 0 Å². The number of carboxylic acids is 1. The molecule has 0 aromatic carbocycles. The molecule has 5 nitrogen and oxygen atoms in total. The molecule has 0 spiro atoms. The second-order valence-electron chi connectivity index (χ2n) is 5.75. The first kappa shape index (κ1) is 16.1. The Morgan fingerprint density at radius 1 is 1.32 bits per heavy atom. The van der Waals surface area contributed by atoms with Crippen molar-refractivity contribution in [2.45, 2.75) is 39.2 Å². The Morgan fingerprint density at radius 3 is 2.32 bits per heavy atom. The third kappa shape index (κ3) is 5.28. The SMILES string of the molecule is CN[C@@H](CC1CCN(CC(=O)O)CC1)C(=O)C(C)C. The Kier molecular flexibility index (Phi) is 6.45. The second-order valence-corrected chi connectivity index (χ2v) is 5.75. The lowest BCUT2D eigenvalue weighted by molar-refractivity contribution is -0.138. The summed E-state index contributed by atoms with van der Waals surface area (Å²) in [7, 11) is 1.84. The zero-order valence-corrected chi connectivity index (χ0v) is 12.2. The quantitative estimate of drug-likeness (QED) is 0.722. The summed E-state index contributed by atoms with van der Waals surface area (Å²) in [5.41, 5.74) is 0. The van der Waals surface area contributed by atoms with Gasteiger partial charge in [0, 0.05) is 5.92 Å². The molecule has 1 aliphatic rings. The number of carbonyl (C=O) groups is 2. The molecule has 1 rings (SSSR count). The highest BCUT2D eigenvalue weighted by Gasteiger charge is 2.26. The molecule has 5 heteroatoms. The Morgan fingerprint density at radius 2 is 1.89 bits per heavy atom. The minimum Gasteiger partial charge on any atom is -0.480 e. The van der Waals surface area contributed by atoms with Crippen molar-refractivity contribution in [3.05, 3.63) is 0 Å². The molecule has 1 heterocycles. The summed E-state index contributed by atoms with van der Waals surface area (Å²) < 4.78 is 0. The molecule has 0 amide bonds. The summed E-state index contributed by atoms with van der Waals surface area (Å²) in [6, 6.07) is -0.0592. The molecular weight excluding hydrogens is 244 g/mol. The first-order valence-corrected chi connectivity index (χ1v) is 7.09. The number of likely N-dealkylation sites (tertiary alicyclic amines) is 1. The van der Waals surface area contributed by atoms with E-state index in [0.717, 1.165) is 32.4 Å². The maximum atomic E-state index is 12.0. The third-order valence-electron chi connectivity index (χ3n) is 3.90. The van der Waals surface area contributed by atoms with Crippen LogP contribution < -0.4 is 5.32 Å². The molecule has 110 valence electrons. The number of Topliss-reactive ketones (excluding diaryl/α,β-unsaturated/α-hetero) is 1. The van der Waals surface area contributed by atoms with E-state index in [1.807, 2.05) is 25.8 Å². The molecule has 0 saturated carbocycles. The minimum absolute atomic E-state index is 0.0592. The second kappa shape index (κ2) is 7.60. The largest absolute Gasteiger partial charge is 0.480 e. The van der Waals surface area contributed by atoms with Crippen molar-refractivity contribution in [3.63, 3.8) is 0 Å². The van der Waals surface area contributed by atoms with E-state index >= 15 is 0 Å². The van der Waals surface area contributed by atoms with Crippen LogP contribution in [0.1, 0.15) is 33.1 Å². The fraction of sp³-hybridized carbons (Fsp3) is 0.857. The van der Waals surface area contributed by atoms with Gasteiger partial charge in [-0.25, -0.2) is 0 Å². The van der Waals surface area contributed by atoms with Gasteiger partial charge in [0.15, 0.2) is 5.78 Å². The number of rotatable bonds is 7. The normalized spacial score (nSPS) is 19.6. The Balaban J connectivity index is 2.39. The first-order chi connectivity index (χ1) is 8.93. The highest BCUT2D eigenvalue weighted by Crippen LogP contribution is 2.22. The van der Waals surface area contributed by atoms with Gasteiger partial charge in [-0.1, -0.05) is 13.8 Å². The van der Waals surface area contributed by atoms with Gasteiger partial charge in [-0.2, -0.15) is 0 Å². The van der Waals surface area contributed by atoms with Gasteiger partial charge in [0.25, 0.3) is 0 Å². The zero-order valence-electron chi connectivity index (χ0n) is 12.2. The van der Waals surface area contributed by atoms with E-state index in [0.29, 0.717) is 5.92 Å². The van der Waals surface area contributed by atoms with Crippen molar-refractivity contribution in [2.75, 3.05) is 26.7 Å². The van der Waals surface area contributed by atoms with E-state index in [-0.39, 0.29) is 24.3 Å². The lowest BCUT2D eigenvalue weighted by Crippen LogP contribution is -2.42. The summed E-state index contributed by atoms with van der Waals surface area (Å²) in [6.07, 6.45) is 2.84. The predicted molar refractivity (Wildman–Crippen MR) is 74.1 cm³/mol. The topological polar surface area (TPSA) is 69.6 Å². The van der Waals surface area contributed by atoms with Crippen molar-refractivity contribution in [1.29, 1.82) is 0 Å². The highest BCUT2D eigenvalue weighted by molar-refractivity contribution is 5.85. The molecule has 19 heavy (non-hydrogen) atoms. The molecule has 0 aromatic heterocycles. The van der Waals surface area contributed by atoms with Crippen LogP contribution in [0.25, 0.3) is 0 Å². The number of carbonyl (C=O) groups excluding carboxylic acids is 1. The monoisotopic (exact) mass is 270 g/mol. The number of piperidine rings is 1. The van der Waals surface area contributed by atoms with Crippen LogP contribution in [-0.4, -0.2) is 54.5 Å². The number of carboxylic acid groups (broad SMARTS) is 1. The fourth-order valence-electron chi connectivity index (χ4n) is 2.68. The number of likely N-dealkylation sites (N-methyl/N-ethyl adjacent to an activating group) is 1. The van der Waals surface area contributed by atoms with Gasteiger partial charge < -0.3 is 10.4 Å². The van der Waals surface area contributed by atoms with E-state index in [2.05, 4.69) is 5.32 Å². The maximum Gasteiger partial charge on any atom is 0.317 e. The van der Waals surface area contributed by atoms with Crippen molar-refractivity contribution in [3.8, 4) is 0 Å². The smallest absolute Gasteiger partial charge is 0.317 e. The van der Waals surface area contributed by atoms with Gasteiger partial charge in [0.1, 0.15) is 0 Å². The van der Waals surface area contributed by atoms with Gasteiger partial charge in [-0.3, -0.25) is 14.5 Å². The molecule has 1 atom stereocenters. The summed E-state index contributed by atoms with van der Waals surface area (Å²) in [4.78, 5) is 24.6. The van der Waals surface area contributed by atoms with Gasteiger partial charge >= 0.3 is 5.97 Å². The molecule has 0 aromatic rings. The third-order valence-corrected chi connectivity index (χ3v) is 3.90. The number of ketones is 1. The molecule has 0 unspecified atom stereocenters. The molecule has 2 N–H and O–H groups in total. The number of hydrogen-bond donors (Lipinski definition) is 2. The molecule has 1 aliphatic heterocycles. The molecule has 0 aliphatic carbocycles. The molecule has 0 radical (unpaired) electrons. The van der Waals surface area contributed by atoms with E-state index in [1.165, 1.54) is 0 Å². The predicted octanol–water partition coefficient (Wildman–Crippen LogP) is 0.986. The Labute approximate surface area is 115 Å². The van der Waals surface area contributed by atoms with E-state index < -0.39 is 5.97 Å². The highest BCUT2D eigenvalue weighted by atomic mass is 16.4. The lowest BCUT2D eigenvalue weighted by Gasteiger charge is -2.32. The van der Waals surface area contributed by atoms with Gasteiger partial charge in [-0.15, -0.1) is 0 Å². The van der Waals surface area contributed by atoms with Gasteiger partial charge in [-0.05, 0) is 45.3 Å². The summed E-state index contributed by atoms with van der Waals surface area (Å²) in [6.45, 7) is 5.64. The number of hydrogen-bond acceptors (Lipinski definition) is 4. The van der Waals surface area contributed by atoms with Crippen LogP contribution >= 0.6 is 0 Å². The van der Waals surface area contributed by atoms with Crippen molar-refractivity contribution < 1.29 is 14.7 Å². The average Bonchev–Trinajstić information content (AvgIpc) is 2.36. The minimum atomic E-state index is -0.762. The molecule has 1 fully saturated rings. The van der Waals surface area contributed by atoms with Gasteiger partial charge in [0.05, 0.1) is 12.6 Å². The average molecular weight is 270 g/mol. The molecule has 1 saturated heterocycles. The zero-order chi connectivity index (χ0) is 14.4. The fourth-order valence-corrected chi connectivity index (χ4v) is 2.68. The lowest BCUT2D eigenvalue weighted by atomic mass is 9.87. The van der Waals surface area contributed by atoms with E-state index in [9.17, 15) is 9.59 Å². The summed E-state index contributed by atoms with van der Waals surface area (Å²) >= 11 is 0. The summed E-state index contributed by atoms with van der Waals surface area (Å²) in [5.74, 6) is 0.0896. The van der Waals surface area contributed by atoms with Gasteiger partial charge in [0.2, 0.25) is 0 Å². The van der Waals surface area contributed by atoms with Crippen LogP contribution in [0.15, 0.2) is 0 Å². The van der Waals surface area contributed by atoms with Crippen LogP contribution in [-0.2, 0) is 9.59 Å². The number of aliphatic carboxylic acids is 1.